The van der Waals surface area contributed by atoms with Crippen molar-refractivity contribution in [3.8, 4) is 0 Å². The summed E-state index contributed by atoms with van der Waals surface area (Å²) in [7, 11) is 0. The molecule has 1 aromatic heterocycles. The quantitative estimate of drug-likeness (QED) is 0.422. The number of rotatable bonds is 2. The number of carbonyl (C=O) groups excluding carboxylic acids is 1. The van der Waals surface area contributed by atoms with Crippen molar-refractivity contribution in [1.82, 2.24) is 14.5 Å². The minimum atomic E-state index is -1.54. The fourth-order valence-corrected chi connectivity index (χ4v) is 1.63. The molecular weight excluding hydrogens is 246 g/mol. The fourth-order valence-electron chi connectivity index (χ4n) is 1.63. The van der Waals surface area contributed by atoms with E-state index in [0.717, 1.165) is 0 Å². The van der Waals surface area contributed by atoms with Crippen LogP contribution in [0.4, 0.5) is 11.9 Å². The lowest BCUT2D eigenvalue weighted by atomic mass is 10.2. The molecule has 1 aliphatic heterocycles. The molecule has 0 aliphatic carbocycles. The van der Waals surface area contributed by atoms with Crippen molar-refractivity contribution in [2.24, 2.45) is 0 Å². The Balaban J connectivity index is 2.45. The third-order valence-electron chi connectivity index (χ3n) is 2.50. The zero-order valence-corrected chi connectivity index (χ0v) is 9.05. The number of aromatic nitrogens is 3. The van der Waals surface area contributed by atoms with E-state index in [1.807, 2.05) is 0 Å². The van der Waals surface area contributed by atoms with Crippen molar-refractivity contribution >= 4 is 17.7 Å². The van der Waals surface area contributed by atoms with Gasteiger partial charge in [-0.3, -0.25) is 4.79 Å². The lowest BCUT2D eigenvalue weighted by molar-refractivity contribution is -0.130. The van der Waals surface area contributed by atoms with Crippen LogP contribution in [0.2, 0.25) is 0 Å². The summed E-state index contributed by atoms with van der Waals surface area (Å²) in [6, 6.07) is 0. The third-order valence-corrected chi connectivity index (χ3v) is 2.50. The summed E-state index contributed by atoms with van der Waals surface area (Å²) >= 11 is 0. The van der Waals surface area contributed by atoms with Gasteiger partial charge in [-0.15, -0.1) is 0 Å². The van der Waals surface area contributed by atoms with Gasteiger partial charge in [0.15, 0.2) is 0 Å². The van der Waals surface area contributed by atoms with Crippen LogP contribution in [0.15, 0.2) is 4.79 Å². The second-order valence-electron chi connectivity index (χ2n) is 3.65. The third kappa shape index (κ3) is 1.81. The molecule has 1 aliphatic rings. The number of hydrogen-bond donors (Lipinski definition) is 4. The summed E-state index contributed by atoms with van der Waals surface area (Å²) in [5.41, 5.74) is 9.74. The van der Waals surface area contributed by atoms with E-state index in [-0.39, 0.29) is 11.9 Å². The summed E-state index contributed by atoms with van der Waals surface area (Å²) in [6.07, 6.45) is -4.12. The van der Waals surface area contributed by atoms with Crippen LogP contribution in [-0.4, -0.2) is 49.3 Å². The van der Waals surface area contributed by atoms with Crippen LogP contribution in [0.1, 0.15) is 6.23 Å². The zero-order valence-electron chi connectivity index (χ0n) is 9.05. The van der Waals surface area contributed by atoms with Gasteiger partial charge in [-0.2, -0.15) is 9.97 Å². The van der Waals surface area contributed by atoms with Gasteiger partial charge in [-0.25, -0.2) is 9.36 Å². The molecule has 1 aromatic rings. The van der Waals surface area contributed by atoms with Gasteiger partial charge >= 0.3 is 5.69 Å². The molecule has 3 atom stereocenters. The Labute approximate surface area is 99.8 Å². The maximum absolute atomic E-state index is 11.7. The molecule has 10 heteroatoms. The maximum Gasteiger partial charge on any atom is 0.356 e. The SMILES string of the molecule is Nc1nc(N)n(C2OC(CO)C(O)C2=O)c(=O)n1. The van der Waals surface area contributed by atoms with Crippen molar-refractivity contribution < 1.29 is 19.7 Å². The number of ketones is 1. The average molecular weight is 257 g/mol. The fraction of sp³-hybridized carbons (Fsp3) is 0.500. The number of carbonyl (C=O) groups is 1. The van der Waals surface area contributed by atoms with E-state index < -0.39 is 36.5 Å². The summed E-state index contributed by atoms with van der Waals surface area (Å²) in [4.78, 5) is 30.1. The van der Waals surface area contributed by atoms with Crippen LogP contribution >= 0.6 is 0 Å². The van der Waals surface area contributed by atoms with E-state index in [9.17, 15) is 14.7 Å². The molecule has 18 heavy (non-hydrogen) atoms. The van der Waals surface area contributed by atoms with Gasteiger partial charge in [0.2, 0.25) is 23.9 Å². The molecule has 3 unspecified atom stereocenters. The Hall–Kier alpha value is -2.04. The highest BCUT2D eigenvalue weighted by Gasteiger charge is 2.44. The standard InChI is InChI=1S/C8H11N5O5/c9-6-11-7(10)13(8(17)12-6)5-4(16)3(15)2(1-14)18-5/h2-3,5,14-15H,1H2,(H4,9,10,11,12,17). The first kappa shape index (κ1) is 12.4. The second-order valence-corrected chi connectivity index (χ2v) is 3.65. The highest BCUT2D eigenvalue weighted by molar-refractivity contribution is 5.88. The zero-order chi connectivity index (χ0) is 13.4. The Morgan fingerprint density at radius 3 is 2.50 bits per heavy atom. The van der Waals surface area contributed by atoms with E-state index in [4.69, 9.17) is 21.3 Å². The summed E-state index contributed by atoms with van der Waals surface area (Å²) < 4.78 is 5.70. The maximum atomic E-state index is 11.7. The molecule has 2 rings (SSSR count). The van der Waals surface area contributed by atoms with E-state index in [2.05, 4.69) is 9.97 Å². The summed E-state index contributed by atoms with van der Waals surface area (Å²) in [6.45, 7) is -0.576. The molecule has 0 radical (unpaired) electrons. The number of Topliss-reactive ketones (excluding diaryl/α,β-unsaturated/α-hetero) is 1. The number of nitrogens with zero attached hydrogens (tertiary/aromatic N) is 3. The lowest BCUT2D eigenvalue weighted by Gasteiger charge is -2.14. The summed E-state index contributed by atoms with van der Waals surface area (Å²) in [5.74, 6) is -1.51. The molecule has 0 amide bonds. The van der Waals surface area contributed by atoms with Crippen LogP contribution < -0.4 is 17.2 Å². The highest BCUT2D eigenvalue weighted by Crippen LogP contribution is 2.25. The van der Waals surface area contributed by atoms with Gasteiger partial charge in [0.05, 0.1) is 6.61 Å². The van der Waals surface area contributed by atoms with Crippen LogP contribution in [0.3, 0.4) is 0 Å². The number of nitrogen functional groups attached to an aromatic ring is 2. The first-order valence-corrected chi connectivity index (χ1v) is 4.95. The first-order valence-electron chi connectivity index (χ1n) is 4.95. The van der Waals surface area contributed by atoms with Crippen molar-refractivity contribution in [2.75, 3.05) is 18.1 Å². The molecule has 6 N–H and O–H groups in total. The predicted molar refractivity (Wildman–Crippen MR) is 57.1 cm³/mol. The Kier molecular flexibility index (Phi) is 2.98. The number of aliphatic hydroxyl groups is 2. The van der Waals surface area contributed by atoms with Gasteiger partial charge in [-0.1, -0.05) is 0 Å². The Morgan fingerprint density at radius 1 is 1.33 bits per heavy atom. The highest BCUT2D eigenvalue weighted by atomic mass is 16.6. The Bertz CT molecular complexity index is 543. The molecule has 0 spiro atoms. The van der Waals surface area contributed by atoms with Gasteiger partial charge in [0, 0.05) is 0 Å². The smallest absolute Gasteiger partial charge is 0.356 e. The van der Waals surface area contributed by atoms with Gasteiger partial charge in [-0.05, 0) is 0 Å². The van der Waals surface area contributed by atoms with Gasteiger partial charge in [0.25, 0.3) is 0 Å². The number of anilines is 2. The normalized spacial score (nSPS) is 27.7. The molecule has 2 heterocycles. The van der Waals surface area contributed by atoms with Crippen molar-refractivity contribution in [2.45, 2.75) is 18.4 Å². The monoisotopic (exact) mass is 257 g/mol. The van der Waals surface area contributed by atoms with Crippen LogP contribution in [0, 0.1) is 0 Å². The van der Waals surface area contributed by atoms with E-state index >= 15 is 0 Å². The molecule has 0 saturated carbocycles. The molecule has 0 bridgehead atoms. The topological polar surface area (TPSA) is 167 Å². The predicted octanol–water partition coefficient (Wildman–Crippen LogP) is -3.38. The first-order chi connectivity index (χ1) is 8.45. The minimum Gasteiger partial charge on any atom is -0.394 e. The minimum absolute atomic E-state index is 0.335. The van der Waals surface area contributed by atoms with E-state index in [1.165, 1.54) is 0 Å². The van der Waals surface area contributed by atoms with E-state index in [1.54, 1.807) is 0 Å². The molecule has 10 nitrogen and oxygen atoms in total. The van der Waals surface area contributed by atoms with E-state index in [0.29, 0.717) is 4.57 Å². The molecular formula is C8H11N5O5. The van der Waals surface area contributed by atoms with Gasteiger partial charge in [0.1, 0.15) is 12.2 Å². The van der Waals surface area contributed by atoms with Crippen LogP contribution in [-0.2, 0) is 9.53 Å². The number of nitrogens with two attached hydrogens (primary N) is 2. The van der Waals surface area contributed by atoms with Gasteiger partial charge < -0.3 is 26.4 Å². The molecule has 0 aromatic carbocycles. The lowest BCUT2D eigenvalue weighted by Crippen LogP contribution is -2.35. The van der Waals surface area contributed by atoms with Crippen molar-refractivity contribution in [3.05, 3.63) is 10.5 Å². The summed E-state index contributed by atoms with van der Waals surface area (Å²) in [5, 5.41) is 18.4. The molecule has 1 fully saturated rings. The van der Waals surface area contributed by atoms with Crippen LogP contribution in [0.25, 0.3) is 0 Å². The average Bonchev–Trinajstić information content (AvgIpc) is 2.56. The Morgan fingerprint density at radius 2 is 2.00 bits per heavy atom. The van der Waals surface area contributed by atoms with Crippen molar-refractivity contribution in [1.29, 1.82) is 0 Å². The molecule has 1 saturated heterocycles. The number of ether oxygens (including phenoxy) is 1. The largest absolute Gasteiger partial charge is 0.394 e. The number of hydrogen-bond acceptors (Lipinski definition) is 9. The molecule has 98 valence electrons. The van der Waals surface area contributed by atoms with Crippen molar-refractivity contribution in [3.63, 3.8) is 0 Å². The number of aliphatic hydroxyl groups excluding tert-OH is 2. The second kappa shape index (κ2) is 4.33. The van der Waals surface area contributed by atoms with Crippen LogP contribution in [0.5, 0.6) is 0 Å².